The molecule has 2 heterocycles. The van der Waals surface area contributed by atoms with Gasteiger partial charge in [0, 0.05) is 18.6 Å². The van der Waals surface area contributed by atoms with Crippen LogP contribution in [0.25, 0.3) is 0 Å². The van der Waals surface area contributed by atoms with Gasteiger partial charge < -0.3 is 73.1 Å². The van der Waals surface area contributed by atoms with E-state index in [1.165, 1.54) is 0 Å². The van der Waals surface area contributed by atoms with Crippen LogP contribution in [0.5, 0.6) is 0 Å². The van der Waals surface area contributed by atoms with E-state index in [9.17, 15) is 25.5 Å². The van der Waals surface area contributed by atoms with E-state index >= 15 is 0 Å². The molecule has 0 bridgehead atoms. The molecule has 14 atom stereocenters. The zero-order valence-corrected chi connectivity index (χ0v) is 17.7. The van der Waals surface area contributed by atoms with E-state index in [2.05, 4.69) is 0 Å². The van der Waals surface area contributed by atoms with Gasteiger partial charge in [0.1, 0.15) is 36.6 Å². The molecule has 15 N–H and O–H groups in total. The molecule has 0 amide bonds. The lowest BCUT2D eigenvalue weighted by Gasteiger charge is -2.47. The number of ether oxygens (including phenoxy) is 4. The molecule has 1 saturated carbocycles. The Morgan fingerprint density at radius 3 is 1.84 bits per heavy atom. The van der Waals surface area contributed by atoms with Gasteiger partial charge in [-0.1, -0.05) is 0 Å². The Labute approximate surface area is 185 Å². The molecule has 1 aliphatic carbocycles. The summed E-state index contributed by atoms with van der Waals surface area (Å²) >= 11 is 0. The highest BCUT2D eigenvalue weighted by Gasteiger charge is 2.50. The predicted molar refractivity (Wildman–Crippen MR) is 108 cm³/mol. The van der Waals surface area contributed by atoms with Gasteiger partial charge in [0.2, 0.25) is 0 Å². The van der Waals surface area contributed by atoms with Gasteiger partial charge in [0.15, 0.2) is 12.6 Å². The maximum Gasteiger partial charge on any atom is 0.186 e. The molecule has 0 spiro atoms. The third-order valence-electron chi connectivity index (χ3n) is 6.41. The third kappa shape index (κ3) is 5.24. The minimum atomic E-state index is -1.44. The molecular weight excluding hydrogens is 430 g/mol. The summed E-state index contributed by atoms with van der Waals surface area (Å²) in [5.41, 5.74) is 29.8. The monoisotopic (exact) mass is 467 g/mol. The first-order valence-corrected chi connectivity index (χ1v) is 10.8. The topological polar surface area (TPSA) is 268 Å². The van der Waals surface area contributed by atoms with Gasteiger partial charge in [-0.15, -0.1) is 0 Å². The molecule has 0 unspecified atom stereocenters. The van der Waals surface area contributed by atoms with Gasteiger partial charge in [-0.2, -0.15) is 0 Å². The number of aliphatic hydroxyl groups is 5. The summed E-state index contributed by atoms with van der Waals surface area (Å²) in [4.78, 5) is 0. The minimum absolute atomic E-state index is 0.0542. The SMILES string of the molecule is NC[C@H]1O[C@H](O[C@H]2[C@H](O)[C@H](O[C@H]3O[C@H](CO)[C@@H](O)[C@H](N)[C@H]3O)[C@H](N)C[C@@H]2N)[C@H](N)C[C@@H]1O. The maximum atomic E-state index is 11.0. The fourth-order valence-corrected chi connectivity index (χ4v) is 4.43. The predicted octanol–water partition coefficient (Wildman–Crippen LogP) is -6.30. The van der Waals surface area contributed by atoms with E-state index < -0.39 is 92.2 Å². The summed E-state index contributed by atoms with van der Waals surface area (Å²) in [5, 5.41) is 50.7. The number of nitrogens with two attached hydrogens (primary N) is 5. The fraction of sp³-hybridized carbons (Fsp3) is 1.00. The van der Waals surface area contributed by atoms with E-state index in [4.69, 9.17) is 47.6 Å². The second-order valence-electron chi connectivity index (χ2n) is 8.78. The largest absolute Gasteiger partial charge is 0.394 e. The fourth-order valence-electron chi connectivity index (χ4n) is 4.43. The maximum absolute atomic E-state index is 11.0. The van der Waals surface area contributed by atoms with Gasteiger partial charge in [-0.05, 0) is 12.8 Å². The molecule has 0 aromatic heterocycles. The van der Waals surface area contributed by atoms with Crippen LogP contribution < -0.4 is 28.7 Å². The molecule has 0 aromatic carbocycles. The van der Waals surface area contributed by atoms with Gasteiger partial charge in [-0.3, -0.25) is 0 Å². The molecule has 14 heteroatoms. The number of hydrogen-bond acceptors (Lipinski definition) is 14. The standard InChI is InChI=1S/C18H37N5O9/c19-3-9-8(25)2-7(22)17(29-9)31-15-5(20)1-6(21)16(14(15)28)32-18-13(27)11(23)12(26)10(4-24)30-18/h5-18,24-28H,1-4,19-23H2/t5-,6+,7+,8-,9+,10+,11-,12+,13+,14-,15+,16+,17+,18+/m0/s1. The van der Waals surface area contributed by atoms with E-state index in [1.807, 2.05) is 0 Å². The first-order chi connectivity index (χ1) is 15.1. The van der Waals surface area contributed by atoms with Crippen LogP contribution in [-0.4, -0.2) is 124 Å². The van der Waals surface area contributed by atoms with Crippen molar-refractivity contribution in [2.75, 3.05) is 13.2 Å². The molecule has 0 aromatic rings. The van der Waals surface area contributed by atoms with Crippen LogP contribution in [0.15, 0.2) is 0 Å². The number of aliphatic hydroxyl groups excluding tert-OH is 5. The second kappa shape index (κ2) is 10.8. The minimum Gasteiger partial charge on any atom is -0.394 e. The van der Waals surface area contributed by atoms with Crippen LogP contribution >= 0.6 is 0 Å². The van der Waals surface area contributed by atoms with Crippen LogP contribution in [-0.2, 0) is 18.9 Å². The highest BCUT2D eigenvalue weighted by molar-refractivity contribution is 5.01. The molecule has 2 saturated heterocycles. The van der Waals surface area contributed by atoms with Crippen molar-refractivity contribution in [3.05, 3.63) is 0 Å². The van der Waals surface area contributed by atoms with Crippen molar-refractivity contribution in [3.63, 3.8) is 0 Å². The van der Waals surface area contributed by atoms with Gasteiger partial charge >= 0.3 is 0 Å². The van der Waals surface area contributed by atoms with E-state index in [0.717, 1.165) is 0 Å². The summed E-state index contributed by atoms with van der Waals surface area (Å²) in [6, 6.07) is -3.27. The average molecular weight is 468 g/mol. The lowest BCUT2D eigenvalue weighted by molar-refractivity contribution is -0.314. The van der Waals surface area contributed by atoms with E-state index in [1.54, 1.807) is 0 Å². The zero-order chi connectivity index (χ0) is 23.7. The van der Waals surface area contributed by atoms with Crippen molar-refractivity contribution in [2.24, 2.45) is 28.7 Å². The summed E-state index contributed by atoms with van der Waals surface area (Å²) in [6.07, 6.45) is -10.8. The first kappa shape index (κ1) is 26.1. The summed E-state index contributed by atoms with van der Waals surface area (Å²) in [5.74, 6) is 0. The highest BCUT2D eigenvalue weighted by Crippen LogP contribution is 2.30. The van der Waals surface area contributed by atoms with E-state index in [0.29, 0.717) is 0 Å². The Morgan fingerprint density at radius 1 is 0.719 bits per heavy atom. The Kier molecular flexibility index (Phi) is 8.79. The van der Waals surface area contributed by atoms with Crippen LogP contribution in [0.2, 0.25) is 0 Å². The van der Waals surface area contributed by atoms with Crippen molar-refractivity contribution < 1.29 is 44.5 Å². The third-order valence-corrected chi connectivity index (χ3v) is 6.41. The molecule has 3 fully saturated rings. The van der Waals surface area contributed by atoms with Crippen molar-refractivity contribution >= 4 is 0 Å². The van der Waals surface area contributed by atoms with Crippen molar-refractivity contribution in [3.8, 4) is 0 Å². The summed E-state index contributed by atoms with van der Waals surface area (Å²) in [7, 11) is 0. The number of hydrogen-bond donors (Lipinski definition) is 10. The molecule has 3 rings (SSSR count). The van der Waals surface area contributed by atoms with Gasteiger partial charge in [0.05, 0.1) is 30.9 Å². The van der Waals surface area contributed by atoms with Crippen molar-refractivity contribution in [2.45, 2.75) is 98.4 Å². The van der Waals surface area contributed by atoms with Gasteiger partial charge in [-0.25, -0.2) is 0 Å². The van der Waals surface area contributed by atoms with E-state index in [-0.39, 0.29) is 19.4 Å². The number of rotatable bonds is 6. The molecule has 2 aliphatic heterocycles. The van der Waals surface area contributed by atoms with Crippen LogP contribution in [0.1, 0.15) is 12.8 Å². The normalized spacial score (nSPS) is 52.7. The Morgan fingerprint density at radius 2 is 1.28 bits per heavy atom. The zero-order valence-electron chi connectivity index (χ0n) is 17.7. The average Bonchev–Trinajstić information content (AvgIpc) is 2.75. The molecular formula is C18H37N5O9. The van der Waals surface area contributed by atoms with Crippen LogP contribution in [0.3, 0.4) is 0 Å². The quantitative estimate of drug-likeness (QED) is 0.174. The van der Waals surface area contributed by atoms with Gasteiger partial charge in [0.25, 0.3) is 0 Å². The van der Waals surface area contributed by atoms with Crippen LogP contribution in [0.4, 0.5) is 0 Å². The Bertz CT molecular complexity index is 607. The van der Waals surface area contributed by atoms with Crippen LogP contribution in [0, 0.1) is 0 Å². The smallest absolute Gasteiger partial charge is 0.186 e. The summed E-state index contributed by atoms with van der Waals surface area (Å²) < 4.78 is 22.7. The lowest BCUT2D eigenvalue weighted by atomic mass is 9.84. The molecule has 0 radical (unpaired) electrons. The lowest BCUT2D eigenvalue weighted by Crippen LogP contribution is -2.68. The summed E-state index contributed by atoms with van der Waals surface area (Å²) in [6.45, 7) is -0.499. The highest BCUT2D eigenvalue weighted by atomic mass is 16.7. The second-order valence-corrected chi connectivity index (χ2v) is 8.78. The van der Waals surface area contributed by atoms with Crippen molar-refractivity contribution in [1.82, 2.24) is 0 Å². The van der Waals surface area contributed by atoms with Crippen molar-refractivity contribution in [1.29, 1.82) is 0 Å². The molecule has 32 heavy (non-hydrogen) atoms. The molecule has 3 aliphatic rings. The molecule has 14 nitrogen and oxygen atoms in total. The first-order valence-electron chi connectivity index (χ1n) is 10.8. The Balaban J connectivity index is 1.70. The Hall–Kier alpha value is -0.560. The molecule has 188 valence electrons.